The Hall–Kier alpha value is -2.33. The molecule has 1 fully saturated rings. The largest absolute Gasteiger partial charge is 0.326 e. The molecule has 0 aliphatic carbocycles. The van der Waals surface area contributed by atoms with Gasteiger partial charge in [0.25, 0.3) is 0 Å². The maximum absolute atomic E-state index is 12.6. The van der Waals surface area contributed by atoms with Gasteiger partial charge in [-0.2, -0.15) is 0 Å². The molecule has 5 heteroatoms. The molecule has 1 aliphatic heterocycles. The molecule has 2 aromatic rings. The van der Waals surface area contributed by atoms with Crippen molar-refractivity contribution in [2.24, 2.45) is 5.92 Å². The first kappa shape index (κ1) is 17.5. The summed E-state index contributed by atoms with van der Waals surface area (Å²) in [4.78, 5) is 26.8. The van der Waals surface area contributed by atoms with Gasteiger partial charge in [-0.25, -0.2) is 0 Å². The second-order valence-electron chi connectivity index (χ2n) is 6.59. The molecular formula is C20H21ClN2O2. The van der Waals surface area contributed by atoms with Gasteiger partial charge in [0, 0.05) is 29.4 Å². The smallest absolute Gasteiger partial charge is 0.229 e. The Bertz CT molecular complexity index is 827. The molecule has 2 aromatic carbocycles. The molecule has 0 aromatic heterocycles. The molecular weight excluding hydrogens is 336 g/mol. The zero-order valence-electron chi connectivity index (χ0n) is 14.6. The Morgan fingerprint density at radius 3 is 2.44 bits per heavy atom. The zero-order chi connectivity index (χ0) is 18.1. The Balaban J connectivity index is 1.77. The number of amides is 2. The number of rotatable bonds is 3. The van der Waals surface area contributed by atoms with E-state index in [9.17, 15) is 9.59 Å². The number of halogens is 1. The molecule has 1 unspecified atom stereocenters. The maximum Gasteiger partial charge on any atom is 0.229 e. The van der Waals surface area contributed by atoms with E-state index in [0.717, 1.165) is 28.1 Å². The fourth-order valence-corrected chi connectivity index (χ4v) is 3.56. The van der Waals surface area contributed by atoms with Crippen LogP contribution >= 0.6 is 11.6 Å². The van der Waals surface area contributed by atoms with Crippen molar-refractivity contribution in [2.45, 2.75) is 27.2 Å². The van der Waals surface area contributed by atoms with Gasteiger partial charge in [-0.05, 0) is 55.7 Å². The average molecular weight is 357 g/mol. The molecule has 1 heterocycles. The van der Waals surface area contributed by atoms with E-state index in [1.807, 2.05) is 39.0 Å². The van der Waals surface area contributed by atoms with Crippen LogP contribution in [0.5, 0.6) is 0 Å². The first-order valence-corrected chi connectivity index (χ1v) is 8.68. The number of para-hydroxylation sites is 1. The lowest BCUT2D eigenvalue weighted by Gasteiger charge is -2.21. The van der Waals surface area contributed by atoms with Crippen LogP contribution in [0.25, 0.3) is 0 Å². The first-order chi connectivity index (χ1) is 11.9. The quantitative estimate of drug-likeness (QED) is 0.893. The van der Waals surface area contributed by atoms with Crippen molar-refractivity contribution >= 4 is 34.8 Å². The molecule has 0 saturated carbocycles. The summed E-state index contributed by atoms with van der Waals surface area (Å²) in [5, 5.41) is 3.56. The lowest BCUT2D eigenvalue weighted by atomic mass is 10.1. The summed E-state index contributed by atoms with van der Waals surface area (Å²) in [7, 11) is 0. The zero-order valence-corrected chi connectivity index (χ0v) is 15.4. The molecule has 2 amide bonds. The van der Waals surface area contributed by atoms with Crippen LogP contribution in [0.4, 0.5) is 11.4 Å². The second kappa shape index (κ2) is 6.89. The van der Waals surface area contributed by atoms with E-state index in [2.05, 4.69) is 5.32 Å². The minimum atomic E-state index is -0.360. The summed E-state index contributed by atoms with van der Waals surface area (Å²) >= 11 is 5.95. The molecule has 1 saturated heterocycles. The van der Waals surface area contributed by atoms with Crippen LogP contribution in [0.3, 0.4) is 0 Å². The van der Waals surface area contributed by atoms with Gasteiger partial charge in [0.05, 0.1) is 5.92 Å². The van der Waals surface area contributed by atoms with E-state index in [4.69, 9.17) is 11.6 Å². The minimum Gasteiger partial charge on any atom is -0.326 e. The summed E-state index contributed by atoms with van der Waals surface area (Å²) in [5.41, 5.74) is 4.64. The Labute approximate surface area is 152 Å². The van der Waals surface area contributed by atoms with Gasteiger partial charge in [0.2, 0.25) is 11.8 Å². The fourth-order valence-electron chi connectivity index (χ4n) is 3.33. The average Bonchev–Trinajstić information content (AvgIpc) is 2.92. The Morgan fingerprint density at radius 1 is 1.12 bits per heavy atom. The predicted molar refractivity (Wildman–Crippen MR) is 101 cm³/mol. The van der Waals surface area contributed by atoms with Crippen molar-refractivity contribution in [3.63, 3.8) is 0 Å². The molecule has 0 spiro atoms. The van der Waals surface area contributed by atoms with Crippen LogP contribution in [0.1, 0.15) is 23.1 Å². The minimum absolute atomic E-state index is 0.00891. The van der Waals surface area contributed by atoms with Crippen molar-refractivity contribution in [2.75, 3.05) is 16.8 Å². The fraction of sp³-hybridized carbons (Fsp3) is 0.300. The monoisotopic (exact) mass is 356 g/mol. The highest BCUT2D eigenvalue weighted by Gasteiger charge is 2.36. The molecule has 1 atom stereocenters. The molecule has 3 rings (SSSR count). The van der Waals surface area contributed by atoms with Crippen LogP contribution in [0.15, 0.2) is 36.4 Å². The van der Waals surface area contributed by atoms with Crippen LogP contribution in [0, 0.1) is 26.7 Å². The summed E-state index contributed by atoms with van der Waals surface area (Å²) in [6.45, 7) is 6.27. The molecule has 1 aliphatic rings. The van der Waals surface area contributed by atoms with Crippen molar-refractivity contribution in [3.05, 3.63) is 58.1 Å². The van der Waals surface area contributed by atoms with Gasteiger partial charge in [-0.3, -0.25) is 9.59 Å². The number of benzene rings is 2. The Kier molecular flexibility index (Phi) is 4.82. The van der Waals surface area contributed by atoms with E-state index in [1.165, 1.54) is 0 Å². The first-order valence-electron chi connectivity index (χ1n) is 8.30. The molecule has 4 nitrogen and oxygen atoms in total. The van der Waals surface area contributed by atoms with Crippen molar-refractivity contribution < 1.29 is 9.59 Å². The lowest BCUT2D eigenvalue weighted by Crippen LogP contribution is -2.29. The summed E-state index contributed by atoms with van der Waals surface area (Å²) in [5.74, 6) is -0.500. The number of aryl methyl sites for hydroxylation is 3. The van der Waals surface area contributed by atoms with Crippen molar-refractivity contribution in [3.8, 4) is 0 Å². The summed E-state index contributed by atoms with van der Waals surface area (Å²) < 4.78 is 0. The van der Waals surface area contributed by atoms with Crippen LogP contribution in [-0.4, -0.2) is 18.4 Å². The van der Waals surface area contributed by atoms with Gasteiger partial charge in [-0.1, -0.05) is 29.8 Å². The summed E-state index contributed by atoms with van der Waals surface area (Å²) in [6, 6.07) is 11.3. The third kappa shape index (κ3) is 3.54. The number of nitrogens with one attached hydrogen (secondary N) is 1. The highest BCUT2D eigenvalue weighted by Crippen LogP contribution is 2.31. The third-order valence-corrected chi connectivity index (χ3v) is 4.89. The van der Waals surface area contributed by atoms with Gasteiger partial charge in [-0.15, -0.1) is 0 Å². The predicted octanol–water partition coefficient (Wildman–Crippen LogP) is 4.26. The Morgan fingerprint density at radius 2 is 1.80 bits per heavy atom. The van der Waals surface area contributed by atoms with Gasteiger partial charge in [0.1, 0.15) is 0 Å². The SMILES string of the molecule is Cc1cc(Cl)ccc1NC(=O)C1CC(=O)N(c2c(C)cccc2C)C1. The van der Waals surface area contributed by atoms with E-state index < -0.39 is 0 Å². The number of carbonyl (C=O) groups excluding carboxylic acids is 2. The van der Waals surface area contributed by atoms with Crippen LogP contribution in [0.2, 0.25) is 5.02 Å². The summed E-state index contributed by atoms with van der Waals surface area (Å²) in [6.07, 6.45) is 0.228. The number of hydrogen-bond donors (Lipinski definition) is 1. The number of hydrogen-bond acceptors (Lipinski definition) is 2. The second-order valence-corrected chi connectivity index (χ2v) is 7.03. The highest BCUT2D eigenvalue weighted by atomic mass is 35.5. The van der Waals surface area contributed by atoms with E-state index >= 15 is 0 Å². The standard InChI is InChI=1S/C20H21ClN2O2/c1-12-5-4-6-13(2)19(12)23-11-15(10-18(23)24)20(25)22-17-8-7-16(21)9-14(17)3/h4-9,15H,10-11H2,1-3H3,(H,22,25). The normalized spacial score (nSPS) is 17.0. The van der Waals surface area contributed by atoms with E-state index in [-0.39, 0.29) is 24.2 Å². The number of anilines is 2. The van der Waals surface area contributed by atoms with Gasteiger partial charge < -0.3 is 10.2 Å². The lowest BCUT2D eigenvalue weighted by molar-refractivity contribution is -0.122. The van der Waals surface area contributed by atoms with Gasteiger partial charge >= 0.3 is 0 Å². The molecule has 1 N–H and O–H groups in total. The molecule has 130 valence electrons. The van der Waals surface area contributed by atoms with E-state index in [1.54, 1.807) is 23.1 Å². The van der Waals surface area contributed by atoms with Crippen molar-refractivity contribution in [1.29, 1.82) is 0 Å². The van der Waals surface area contributed by atoms with E-state index in [0.29, 0.717) is 11.6 Å². The van der Waals surface area contributed by atoms with Crippen molar-refractivity contribution in [1.82, 2.24) is 0 Å². The number of nitrogens with zero attached hydrogens (tertiary/aromatic N) is 1. The topological polar surface area (TPSA) is 49.4 Å². The molecule has 0 bridgehead atoms. The maximum atomic E-state index is 12.6. The number of carbonyl (C=O) groups is 2. The third-order valence-electron chi connectivity index (χ3n) is 4.65. The molecule has 0 radical (unpaired) electrons. The van der Waals surface area contributed by atoms with Gasteiger partial charge in [0.15, 0.2) is 0 Å². The molecule has 25 heavy (non-hydrogen) atoms. The van der Waals surface area contributed by atoms with Crippen LogP contribution < -0.4 is 10.2 Å². The highest BCUT2D eigenvalue weighted by molar-refractivity contribution is 6.30. The van der Waals surface area contributed by atoms with Crippen LogP contribution in [-0.2, 0) is 9.59 Å².